The first-order chi connectivity index (χ1) is 7.09. The second-order valence-corrected chi connectivity index (χ2v) is 4.40. The Labute approximate surface area is 103 Å². The van der Waals surface area contributed by atoms with E-state index in [1.807, 2.05) is 18.2 Å². The number of hydrogen-bond donors (Lipinski definition) is 3. The van der Waals surface area contributed by atoms with Crippen LogP contribution in [0.25, 0.3) is 0 Å². The van der Waals surface area contributed by atoms with Crippen LogP contribution in [0.15, 0.2) is 18.2 Å². The van der Waals surface area contributed by atoms with Crippen LogP contribution in [-0.4, -0.2) is 12.5 Å². The predicted molar refractivity (Wildman–Crippen MR) is 70.5 cm³/mol. The van der Waals surface area contributed by atoms with Gasteiger partial charge in [0.05, 0.1) is 0 Å². The van der Waals surface area contributed by atoms with Gasteiger partial charge in [0.2, 0.25) is 5.91 Å². The molecule has 0 spiro atoms. The number of anilines is 2. The summed E-state index contributed by atoms with van der Waals surface area (Å²) in [7, 11) is 0. The van der Waals surface area contributed by atoms with E-state index < -0.39 is 0 Å². The molecule has 0 saturated carbocycles. The lowest BCUT2D eigenvalue weighted by molar-refractivity contribution is -0.118. The van der Waals surface area contributed by atoms with Crippen LogP contribution in [0.1, 0.15) is 12.8 Å². The second kappa shape index (κ2) is 5.79. The summed E-state index contributed by atoms with van der Waals surface area (Å²) in [6.07, 6.45) is 1.16. The van der Waals surface area contributed by atoms with Crippen LogP contribution in [-0.2, 0) is 4.79 Å². The van der Waals surface area contributed by atoms with Crippen molar-refractivity contribution >= 4 is 39.9 Å². The van der Waals surface area contributed by atoms with Gasteiger partial charge in [-0.1, -0.05) is 0 Å². The van der Waals surface area contributed by atoms with E-state index in [0.717, 1.165) is 27.9 Å². The fraction of sp³-hybridized carbons (Fsp3) is 0.300. The Morgan fingerprint density at radius 1 is 1.47 bits per heavy atom. The average molecular weight is 319 g/mol. The third kappa shape index (κ3) is 4.37. The molecule has 1 rings (SSSR count). The van der Waals surface area contributed by atoms with Crippen LogP contribution in [0, 0.1) is 3.57 Å². The number of hydrogen-bond acceptors (Lipinski definition) is 3. The van der Waals surface area contributed by atoms with Gasteiger partial charge in [-0.2, -0.15) is 0 Å². The van der Waals surface area contributed by atoms with E-state index in [1.54, 1.807) is 0 Å². The van der Waals surface area contributed by atoms with Gasteiger partial charge in [-0.3, -0.25) is 4.79 Å². The summed E-state index contributed by atoms with van der Waals surface area (Å²) in [4.78, 5) is 10.5. The highest BCUT2D eigenvalue weighted by Crippen LogP contribution is 2.20. The standard InChI is InChI=1S/C10H14IN3O/c11-8-6-7(12)3-4-9(8)14-5-1-2-10(13)15/h3-4,6,14H,1-2,5,12H2,(H2,13,15). The number of nitrogen functional groups attached to an aromatic ring is 1. The van der Waals surface area contributed by atoms with Gasteiger partial charge in [0.25, 0.3) is 0 Å². The van der Waals surface area contributed by atoms with Gasteiger partial charge < -0.3 is 16.8 Å². The van der Waals surface area contributed by atoms with E-state index in [4.69, 9.17) is 11.5 Å². The quantitative estimate of drug-likeness (QED) is 0.438. The lowest BCUT2D eigenvalue weighted by atomic mass is 10.2. The van der Waals surface area contributed by atoms with E-state index >= 15 is 0 Å². The summed E-state index contributed by atoms with van der Waals surface area (Å²) in [6, 6.07) is 5.68. The molecule has 1 aromatic rings. The van der Waals surface area contributed by atoms with Crippen molar-refractivity contribution in [3.63, 3.8) is 0 Å². The third-order valence-corrected chi connectivity index (χ3v) is 2.80. The largest absolute Gasteiger partial charge is 0.399 e. The minimum absolute atomic E-state index is 0.260. The lowest BCUT2D eigenvalue weighted by Crippen LogP contribution is -2.12. The van der Waals surface area contributed by atoms with Crippen molar-refractivity contribution < 1.29 is 4.79 Å². The average Bonchev–Trinajstić information content (AvgIpc) is 2.14. The molecule has 0 heterocycles. The highest BCUT2D eigenvalue weighted by molar-refractivity contribution is 14.1. The van der Waals surface area contributed by atoms with E-state index in [-0.39, 0.29) is 5.91 Å². The summed E-state index contributed by atoms with van der Waals surface area (Å²) in [5.41, 5.74) is 12.5. The zero-order valence-electron chi connectivity index (χ0n) is 8.29. The first-order valence-electron chi connectivity index (χ1n) is 4.67. The maximum atomic E-state index is 10.5. The van der Waals surface area contributed by atoms with Gasteiger partial charge in [0.15, 0.2) is 0 Å². The first-order valence-corrected chi connectivity index (χ1v) is 5.74. The van der Waals surface area contributed by atoms with Crippen LogP contribution < -0.4 is 16.8 Å². The zero-order valence-corrected chi connectivity index (χ0v) is 10.5. The highest BCUT2D eigenvalue weighted by Gasteiger charge is 1.99. The molecule has 1 amide bonds. The third-order valence-electron chi connectivity index (χ3n) is 1.91. The van der Waals surface area contributed by atoms with Crippen molar-refractivity contribution in [1.29, 1.82) is 0 Å². The van der Waals surface area contributed by atoms with E-state index in [0.29, 0.717) is 6.42 Å². The monoisotopic (exact) mass is 319 g/mol. The van der Waals surface area contributed by atoms with E-state index in [2.05, 4.69) is 27.9 Å². The van der Waals surface area contributed by atoms with Gasteiger partial charge in [0, 0.05) is 27.9 Å². The fourth-order valence-electron chi connectivity index (χ4n) is 1.16. The van der Waals surface area contributed by atoms with Crippen molar-refractivity contribution in [2.75, 3.05) is 17.6 Å². The Morgan fingerprint density at radius 3 is 2.80 bits per heavy atom. The van der Waals surface area contributed by atoms with Crippen molar-refractivity contribution in [2.45, 2.75) is 12.8 Å². The topological polar surface area (TPSA) is 81.1 Å². The van der Waals surface area contributed by atoms with Gasteiger partial charge in [-0.25, -0.2) is 0 Å². The fourth-order valence-corrected chi connectivity index (χ4v) is 1.89. The molecule has 5 heteroatoms. The van der Waals surface area contributed by atoms with Crippen molar-refractivity contribution in [3.05, 3.63) is 21.8 Å². The molecule has 0 unspecified atom stereocenters. The number of nitrogens with two attached hydrogens (primary N) is 2. The Kier molecular flexibility index (Phi) is 4.67. The predicted octanol–water partition coefficient (Wildman–Crippen LogP) is 1.55. The molecule has 0 aliphatic rings. The SMILES string of the molecule is NC(=O)CCCNc1ccc(N)cc1I. The molecular formula is C10H14IN3O. The zero-order chi connectivity index (χ0) is 11.3. The van der Waals surface area contributed by atoms with Crippen LogP contribution in [0.4, 0.5) is 11.4 Å². The van der Waals surface area contributed by atoms with Crippen molar-refractivity contribution in [2.24, 2.45) is 5.73 Å². The molecule has 0 atom stereocenters. The summed E-state index contributed by atoms with van der Waals surface area (Å²) >= 11 is 2.22. The highest BCUT2D eigenvalue weighted by atomic mass is 127. The molecule has 0 fully saturated rings. The number of carbonyl (C=O) groups is 1. The number of halogens is 1. The summed E-state index contributed by atoms with van der Waals surface area (Å²) in [5, 5.41) is 3.22. The summed E-state index contributed by atoms with van der Waals surface area (Å²) < 4.78 is 1.08. The molecule has 4 nitrogen and oxygen atoms in total. The minimum atomic E-state index is -0.260. The maximum Gasteiger partial charge on any atom is 0.217 e. The molecule has 5 N–H and O–H groups in total. The maximum absolute atomic E-state index is 10.5. The first kappa shape index (κ1) is 12.1. The molecule has 0 aromatic heterocycles. The molecule has 0 bridgehead atoms. The molecule has 0 aliphatic carbocycles. The van der Waals surface area contributed by atoms with Gasteiger partial charge in [0.1, 0.15) is 0 Å². The number of benzene rings is 1. The number of rotatable bonds is 5. The second-order valence-electron chi connectivity index (χ2n) is 3.24. The molecular weight excluding hydrogens is 305 g/mol. The Bertz CT molecular complexity index is 355. The lowest BCUT2D eigenvalue weighted by Gasteiger charge is -2.08. The van der Waals surface area contributed by atoms with Crippen molar-refractivity contribution in [3.8, 4) is 0 Å². The van der Waals surface area contributed by atoms with E-state index in [1.165, 1.54) is 0 Å². The number of primary amides is 1. The minimum Gasteiger partial charge on any atom is -0.399 e. The molecule has 82 valence electrons. The van der Waals surface area contributed by atoms with Crippen LogP contribution in [0.2, 0.25) is 0 Å². The van der Waals surface area contributed by atoms with Crippen LogP contribution in [0.5, 0.6) is 0 Å². The number of carbonyl (C=O) groups excluding carboxylic acids is 1. The molecule has 15 heavy (non-hydrogen) atoms. The normalized spacial score (nSPS) is 9.93. The van der Waals surface area contributed by atoms with Crippen molar-refractivity contribution in [1.82, 2.24) is 0 Å². The summed E-state index contributed by atoms with van der Waals surface area (Å²) in [6.45, 7) is 0.739. The molecule has 0 radical (unpaired) electrons. The number of amides is 1. The smallest absolute Gasteiger partial charge is 0.217 e. The molecule has 0 saturated heterocycles. The Balaban J connectivity index is 2.40. The van der Waals surface area contributed by atoms with Crippen LogP contribution >= 0.6 is 22.6 Å². The van der Waals surface area contributed by atoms with Gasteiger partial charge >= 0.3 is 0 Å². The Morgan fingerprint density at radius 2 is 2.20 bits per heavy atom. The molecule has 1 aromatic carbocycles. The van der Waals surface area contributed by atoms with Gasteiger partial charge in [-0.15, -0.1) is 0 Å². The van der Waals surface area contributed by atoms with E-state index in [9.17, 15) is 4.79 Å². The van der Waals surface area contributed by atoms with Crippen LogP contribution in [0.3, 0.4) is 0 Å². The van der Waals surface area contributed by atoms with Gasteiger partial charge in [-0.05, 0) is 47.2 Å². The molecule has 0 aliphatic heterocycles. The summed E-state index contributed by atoms with van der Waals surface area (Å²) in [5.74, 6) is -0.260. The Hall–Kier alpha value is -0.980. The number of nitrogens with one attached hydrogen (secondary N) is 1.